The van der Waals surface area contributed by atoms with Gasteiger partial charge in [-0.05, 0) is 66.9 Å². The molecular formula is C29H25F5N2O6S. The molecule has 0 radical (unpaired) electrons. The number of hydrogen-bond donors (Lipinski definition) is 2. The number of carboxylic acids is 1. The van der Waals surface area contributed by atoms with Gasteiger partial charge in [0, 0.05) is 24.9 Å². The smallest absolute Gasteiger partial charge is 0.416 e. The van der Waals surface area contributed by atoms with Crippen LogP contribution in [0.4, 0.5) is 27.6 Å². The summed E-state index contributed by atoms with van der Waals surface area (Å²) in [7, 11) is -4.72. The number of carbonyl (C=O) groups excluding carboxylic acids is 1. The number of sulfonamides is 1. The van der Waals surface area contributed by atoms with Crippen LogP contribution in [0.25, 0.3) is 11.1 Å². The number of alkyl halides is 3. The summed E-state index contributed by atoms with van der Waals surface area (Å²) >= 11 is 0. The third kappa shape index (κ3) is 5.88. The first-order chi connectivity index (χ1) is 20.1. The number of carbonyl (C=O) groups is 2. The lowest BCUT2D eigenvalue weighted by molar-refractivity contribution is -0.159. The molecule has 1 saturated carbocycles. The van der Waals surface area contributed by atoms with Crippen LogP contribution in [0.5, 0.6) is 5.75 Å². The number of halogens is 5. The largest absolute Gasteiger partial charge is 0.486 e. The van der Waals surface area contributed by atoms with E-state index in [9.17, 15) is 45.1 Å². The number of aliphatic carboxylic acids is 1. The molecule has 3 aromatic carbocycles. The molecule has 0 aromatic heterocycles. The molecule has 2 N–H and O–H groups in total. The highest BCUT2D eigenvalue weighted by molar-refractivity contribution is 7.92. The first-order valence-electron chi connectivity index (χ1n) is 13.1. The Hall–Kier alpha value is -4.20. The number of nitrogens with zero attached hydrogens (tertiary/aromatic N) is 1. The van der Waals surface area contributed by atoms with Gasteiger partial charge in [-0.25, -0.2) is 17.2 Å². The molecule has 5 rings (SSSR count). The molecule has 1 atom stereocenters. The molecule has 0 spiro atoms. The zero-order valence-electron chi connectivity index (χ0n) is 22.5. The molecule has 14 heteroatoms. The maximum Gasteiger partial charge on any atom is 0.416 e. The minimum atomic E-state index is -4.83. The topological polar surface area (TPSA) is 113 Å². The van der Waals surface area contributed by atoms with Gasteiger partial charge in [-0.2, -0.15) is 13.2 Å². The third-order valence-corrected chi connectivity index (χ3v) is 9.41. The van der Waals surface area contributed by atoms with Crippen molar-refractivity contribution in [1.29, 1.82) is 0 Å². The van der Waals surface area contributed by atoms with Crippen molar-refractivity contribution in [3.8, 4) is 16.9 Å². The zero-order valence-corrected chi connectivity index (χ0v) is 23.3. The summed E-state index contributed by atoms with van der Waals surface area (Å²) in [5, 5.41) is 12.7. The van der Waals surface area contributed by atoms with E-state index in [2.05, 4.69) is 5.32 Å². The third-order valence-electron chi connectivity index (χ3n) is 7.63. The Morgan fingerprint density at radius 1 is 1.07 bits per heavy atom. The Morgan fingerprint density at radius 3 is 2.44 bits per heavy atom. The molecule has 43 heavy (non-hydrogen) atoms. The summed E-state index contributed by atoms with van der Waals surface area (Å²) in [5.41, 5.74) is -2.82. The molecule has 228 valence electrons. The lowest BCUT2D eigenvalue weighted by Crippen LogP contribution is -2.57. The Kier molecular flexibility index (Phi) is 7.61. The summed E-state index contributed by atoms with van der Waals surface area (Å²) in [6, 6.07) is 9.34. The van der Waals surface area contributed by atoms with E-state index in [0.717, 1.165) is 40.7 Å². The summed E-state index contributed by atoms with van der Waals surface area (Å²) in [6.45, 7) is 0.808. The molecule has 1 amide bonds. The second-order valence-corrected chi connectivity index (χ2v) is 12.6. The molecule has 2 aliphatic rings. The van der Waals surface area contributed by atoms with Crippen molar-refractivity contribution >= 4 is 27.6 Å². The molecular weight excluding hydrogens is 599 g/mol. The monoisotopic (exact) mass is 624 g/mol. The maximum absolute atomic E-state index is 14.6. The van der Waals surface area contributed by atoms with E-state index in [4.69, 9.17) is 4.74 Å². The zero-order chi connectivity index (χ0) is 31.3. The highest BCUT2D eigenvalue weighted by atomic mass is 32.2. The van der Waals surface area contributed by atoms with E-state index in [1.807, 2.05) is 0 Å². The summed E-state index contributed by atoms with van der Waals surface area (Å²) in [4.78, 5) is 23.0. The quantitative estimate of drug-likeness (QED) is 0.342. The van der Waals surface area contributed by atoms with E-state index in [1.54, 1.807) is 0 Å². The second-order valence-electron chi connectivity index (χ2n) is 10.7. The van der Waals surface area contributed by atoms with E-state index in [0.29, 0.717) is 6.07 Å². The fraction of sp³-hybridized carbons (Fsp3) is 0.310. The molecule has 1 aliphatic carbocycles. The average Bonchev–Trinajstić information content (AvgIpc) is 2.91. The van der Waals surface area contributed by atoms with Gasteiger partial charge >= 0.3 is 12.1 Å². The fourth-order valence-electron chi connectivity index (χ4n) is 5.63. The van der Waals surface area contributed by atoms with Gasteiger partial charge in [-0.3, -0.25) is 13.9 Å². The average molecular weight is 625 g/mol. The van der Waals surface area contributed by atoms with Gasteiger partial charge in [0.1, 0.15) is 23.5 Å². The van der Waals surface area contributed by atoms with Crippen molar-refractivity contribution in [3.63, 3.8) is 0 Å². The van der Waals surface area contributed by atoms with Gasteiger partial charge in [0.2, 0.25) is 5.91 Å². The number of rotatable bonds is 7. The molecule has 0 saturated heterocycles. The minimum absolute atomic E-state index is 0.0503. The van der Waals surface area contributed by atoms with E-state index in [-0.39, 0.29) is 47.7 Å². The van der Waals surface area contributed by atoms with Crippen LogP contribution in [0.1, 0.15) is 31.7 Å². The number of ether oxygens (including phenoxy) is 1. The number of hydrogen-bond acceptors (Lipinski definition) is 5. The molecule has 1 fully saturated rings. The van der Waals surface area contributed by atoms with Gasteiger partial charge in [0.15, 0.2) is 0 Å². The van der Waals surface area contributed by atoms with Crippen LogP contribution in [-0.4, -0.2) is 44.1 Å². The van der Waals surface area contributed by atoms with Crippen LogP contribution < -0.4 is 14.4 Å². The Balaban J connectivity index is 1.57. The predicted molar refractivity (Wildman–Crippen MR) is 144 cm³/mol. The van der Waals surface area contributed by atoms with Gasteiger partial charge in [0.05, 0.1) is 28.1 Å². The van der Waals surface area contributed by atoms with Crippen molar-refractivity contribution in [3.05, 3.63) is 77.9 Å². The van der Waals surface area contributed by atoms with Gasteiger partial charge in [-0.1, -0.05) is 12.1 Å². The van der Waals surface area contributed by atoms with E-state index in [1.165, 1.54) is 25.1 Å². The summed E-state index contributed by atoms with van der Waals surface area (Å²) in [6.07, 6.45) is -5.94. The van der Waals surface area contributed by atoms with E-state index < -0.39 is 68.4 Å². The molecule has 3 aromatic rings. The van der Waals surface area contributed by atoms with Crippen molar-refractivity contribution in [2.45, 2.75) is 49.4 Å². The first-order valence-corrected chi connectivity index (χ1v) is 14.5. The normalized spacial score (nSPS) is 21.8. The van der Waals surface area contributed by atoms with Crippen LogP contribution in [0.2, 0.25) is 0 Å². The van der Waals surface area contributed by atoms with Crippen LogP contribution in [-0.2, 0) is 25.8 Å². The number of carboxylic acid groups (broad SMARTS) is 1. The van der Waals surface area contributed by atoms with Gasteiger partial charge in [0.25, 0.3) is 10.0 Å². The first kappa shape index (κ1) is 30.3. The lowest BCUT2D eigenvalue weighted by Gasteiger charge is -2.47. The van der Waals surface area contributed by atoms with Crippen LogP contribution in [0.3, 0.4) is 0 Å². The van der Waals surface area contributed by atoms with Crippen LogP contribution in [0.15, 0.2) is 65.6 Å². The minimum Gasteiger partial charge on any atom is -0.486 e. The predicted octanol–water partition coefficient (Wildman–Crippen LogP) is 5.37. The molecule has 8 nitrogen and oxygen atoms in total. The number of anilines is 1. The van der Waals surface area contributed by atoms with Crippen LogP contribution in [0, 0.1) is 17.0 Å². The highest BCUT2D eigenvalue weighted by Crippen LogP contribution is 2.48. The van der Waals surface area contributed by atoms with Crippen molar-refractivity contribution < 1.29 is 49.8 Å². The number of fused-ring (bicyclic) bond motifs is 1. The Bertz CT molecular complexity index is 1710. The Morgan fingerprint density at radius 2 is 1.79 bits per heavy atom. The molecule has 1 heterocycles. The van der Waals surface area contributed by atoms with Crippen molar-refractivity contribution in [2.24, 2.45) is 5.41 Å². The number of amides is 1. The SMILES string of the molecule is CC(=O)N[C@H]1C[C@@](C[C@H]2CN(S(=O)(=O)c3cccc(C(F)(F)F)c3)c3cc(-c4cc(F)ccc4F)ccc3O2)(C(=O)O)C1. The van der Waals surface area contributed by atoms with Crippen molar-refractivity contribution in [2.75, 3.05) is 10.8 Å². The molecule has 1 aliphatic heterocycles. The van der Waals surface area contributed by atoms with Crippen molar-refractivity contribution in [1.82, 2.24) is 5.32 Å². The van der Waals surface area contributed by atoms with Gasteiger partial charge in [-0.15, -0.1) is 0 Å². The van der Waals surface area contributed by atoms with Gasteiger partial charge < -0.3 is 15.2 Å². The molecule has 0 bridgehead atoms. The second kappa shape index (κ2) is 10.8. The van der Waals surface area contributed by atoms with Crippen LogP contribution >= 0.6 is 0 Å². The lowest BCUT2D eigenvalue weighted by atomic mass is 9.62. The summed E-state index contributed by atoms with van der Waals surface area (Å²) in [5.74, 6) is -3.12. The summed E-state index contributed by atoms with van der Waals surface area (Å²) < 4.78 is 104. The Labute approximate surface area is 243 Å². The standard InChI is InChI=1S/C29H25F5N2O6S/c1-16(37)35-20-12-28(13-20,27(38)39)14-21-15-36(43(40,41)22-4-2-3-18(10-22)29(32,33)34)25-9-17(5-8-26(25)42-21)23-11-19(30)6-7-24(23)31/h2-11,20-21H,12-15H2,1H3,(H,35,37)(H,38,39)/t20-,21-,28+/m0/s1. The fourth-order valence-corrected chi connectivity index (χ4v) is 7.17. The number of nitrogens with one attached hydrogen (secondary N) is 1. The highest BCUT2D eigenvalue weighted by Gasteiger charge is 2.53. The maximum atomic E-state index is 14.6. The van der Waals surface area contributed by atoms with E-state index >= 15 is 0 Å². The number of benzene rings is 3. The molecule has 0 unspecified atom stereocenters.